The van der Waals surface area contributed by atoms with Gasteiger partial charge in [-0.3, -0.25) is 4.40 Å². The lowest BCUT2D eigenvalue weighted by molar-refractivity contribution is 0.0835. The normalized spacial score (nSPS) is 17.7. The lowest BCUT2D eigenvalue weighted by Gasteiger charge is -2.20. The quantitative estimate of drug-likeness (QED) is 0.874. The van der Waals surface area contributed by atoms with Crippen LogP contribution in [-0.2, 0) is 4.74 Å². The summed E-state index contributed by atoms with van der Waals surface area (Å²) in [5.41, 5.74) is 6.73. The monoisotopic (exact) mass is 296 g/mol. The van der Waals surface area contributed by atoms with Gasteiger partial charge < -0.3 is 10.5 Å². The Morgan fingerprint density at radius 2 is 2.18 bits per heavy atom. The molecule has 17 heavy (non-hydrogen) atoms. The zero-order valence-electron chi connectivity index (χ0n) is 9.27. The molecule has 0 spiro atoms. The molecule has 3 rings (SSSR count). The van der Waals surface area contributed by atoms with Gasteiger partial charge in [0.1, 0.15) is 15.9 Å². The predicted octanol–water partition coefficient (Wildman–Crippen LogP) is 1.97. The van der Waals surface area contributed by atoms with E-state index in [1.165, 1.54) is 0 Å². The minimum atomic E-state index is 0.435. The van der Waals surface area contributed by atoms with Gasteiger partial charge in [-0.2, -0.15) is 0 Å². The summed E-state index contributed by atoms with van der Waals surface area (Å²) >= 11 is 3.45. The molecule has 5 nitrogen and oxygen atoms in total. The lowest BCUT2D eigenvalue weighted by atomic mass is 10.00. The van der Waals surface area contributed by atoms with Crippen molar-refractivity contribution in [1.82, 2.24) is 14.4 Å². The van der Waals surface area contributed by atoms with Gasteiger partial charge in [0.25, 0.3) is 0 Å². The van der Waals surface area contributed by atoms with Gasteiger partial charge in [0.05, 0.1) is 0 Å². The van der Waals surface area contributed by atoms with Crippen LogP contribution in [0, 0.1) is 0 Å². The average Bonchev–Trinajstić information content (AvgIpc) is 2.69. The van der Waals surface area contributed by atoms with Crippen LogP contribution in [0.2, 0.25) is 0 Å². The molecule has 0 atom stereocenters. The van der Waals surface area contributed by atoms with E-state index in [0.717, 1.165) is 42.0 Å². The number of anilines is 1. The van der Waals surface area contributed by atoms with Crippen molar-refractivity contribution in [1.29, 1.82) is 0 Å². The van der Waals surface area contributed by atoms with Crippen LogP contribution < -0.4 is 5.73 Å². The van der Waals surface area contributed by atoms with Crippen LogP contribution in [0.1, 0.15) is 24.6 Å². The fourth-order valence-corrected chi connectivity index (χ4v) is 2.86. The summed E-state index contributed by atoms with van der Waals surface area (Å²) in [6, 6.07) is 0. The molecular formula is C11H13BrN4O. The Kier molecular flexibility index (Phi) is 2.76. The summed E-state index contributed by atoms with van der Waals surface area (Å²) < 4.78 is 8.18. The Balaban J connectivity index is 2.13. The van der Waals surface area contributed by atoms with E-state index in [9.17, 15) is 0 Å². The van der Waals surface area contributed by atoms with Crippen LogP contribution in [0.15, 0.2) is 17.0 Å². The Morgan fingerprint density at radius 3 is 2.94 bits per heavy atom. The van der Waals surface area contributed by atoms with Crippen LogP contribution in [0.3, 0.4) is 0 Å². The fourth-order valence-electron chi connectivity index (χ4n) is 2.29. The van der Waals surface area contributed by atoms with Gasteiger partial charge >= 0.3 is 0 Å². The first-order valence-corrected chi connectivity index (χ1v) is 6.42. The molecule has 2 aromatic heterocycles. The van der Waals surface area contributed by atoms with Crippen molar-refractivity contribution in [3.63, 3.8) is 0 Å². The molecule has 2 aromatic rings. The van der Waals surface area contributed by atoms with Crippen molar-refractivity contribution in [2.75, 3.05) is 18.9 Å². The third-order valence-electron chi connectivity index (χ3n) is 3.15. The molecule has 2 N–H and O–H groups in total. The summed E-state index contributed by atoms with van der Waals surface area (Å²) in [5, 5.41) is 0. The SMILES string of the molecule is Nc1nccn2c(C3CCOCC3)nc(Br)c12. The number of nitrogen functional groups attached to an aromatic ring is 1. The fraction of sp³-hybridized carbons (Fsp3) is 0.455. The van der Waals surface area contributed by atoms with Crippen molar-refractivity contribution in [3.05, 3.63) is 22.8 Å². The molecule has 1 aliphatic rings. The highest BCUT2D eigenvalue weighted by atomic mass is 79.9. The van der Waals surface area contributed by atoms with Gasteiger partial charge in [-0.15, -0.1) is 0 Å². The van der Waals surface area contributed by atoms with Gasteiger partial charge in [-0.25, -0.2) is 9.97 Å². The van der Waals surface area contributed by atoms with E-state index in [0.29, 0.717) is 11.7 Å². The molecule has 0 bridgehead atoms. The molecule has 1 aliphatic heterocycles. The van der Waals surface area contributed by atoms with Gasteiger partial charge in [-0.05, 0) is 28.8 Å². The van der Waals surface area contributed by atoms with Crippen molar-refractivity contribution < 1.29 is 4.74 Å². The zero-order chi connectivity index (χ0) is 11.8. The number of fused-ring (bicyclic) bond motifs is 1. The lowest BCUT2D eigenvalue weighted by Crippen LogP contribution is -2.16. The topological polar surface area (TPSA) is 65.4 Å². The van der Waals surface area contributed by atoms with E-state index >= 15 is 0 Å². The number of hydrogen-bond donors (Lipinski definition) is 1. The number of rotatable bonds is 1. The molecule has 1 fully saturated rings. The number of halogens is 1. The number of hydrogen-bond acceptors (Lipinski definition) is 4. The molecule has 0 unspecified atom stereocenters. The van der Waals surface area contributed by atoms with Crippen molar-refractivity contribution in [3.8, 4) is 0 Å². The molecule has 3 heterocycles. The Hall–Kier alpha value is -1.14. The maximum atomic E-state index is 5.87. The van der Waals surface area contributed by atoms with Crippen LogP contribution in [0.5, 0.6) is 0 Å². The summed E-state index contributed by atoms with van der Waals surface area (Å²) in [7, 11) is 0. The van der Waals surface area contributed by atoms with Gasteiger partial charge in [0.2, 0.25) is 0 Å². The van der Waals surface area contributed by atoms with Crippen LogP contribution >= 0.6 is 15.9 Å². The highest BCUT2D eigenvalue weighted by Gasteiger charge is 2.22. The van der Waals surface area contributed by atoms with Crippen LogP contribution in [-0.4, -0.2) is 27.6 Å². The zero-order valence-corrected chi connectivity index (χ0v) is 10.9. The first kappa shape index (κ1) is 11.0. The molecule has 90 valence electrons. The third kappa shape index (κ3) is 1.81. The van der Waals surface area contributed by atoms with Gasteiger partial charge in [0.15, 0.2) is 5.82 Å². The molecule has 6 heteroatoms. The van der Waals surface area contributed by atoms with Crippen molar-refractivity contribution in [2.24, 2.45) is 0 Å². The van der Waals surface area contributed by atoms with Crippen LogP contribution in [0.25, 0.3) is 5.52 Å². The summed E-state index contributed by atoms with van der Waals surface area (Å²) in [6.45, 7) is 1.61. The number of nitrogens with zero attached hydrogens (tertiary/aromatic N) is 3. The van der Waals surface area contributed by atoms with E-state index < -0.39 is 0 Å². The highest BCUT2D eigenvalue weighted by molar-refractivity contribution is 9.10. The van der Waals surface area contributed by atoms with E-state index in [-0.39, 0.29) is 0 Å². The Bertz CT molecular complexity index is 548. The molecule has 0 amide bonds. The number of aromatic nitrogens is 3. The largest absolute Gasteiger partial charge is 0.382 e. The van der Waals surface area contributed by atoms with Crippen molar-refractivity contribution >= 4 is 27.3 Å². The van der Waals surface area contributed by atoms with Gasteiger partial charge in [0, 0.05) is 31.5 Å². The molecule has 0 radical (unpaired) electrons. The Morgan fingerprint density at radius 1 is 1.41 bits per heavy atom. The standard InChI is InChI=1S/C11H13BrN4O/c12-9-8-10(13)14-3-4-16(8)11(15-9)7-1-5-17-6-2-7/h3-4,7H,1-2,5-6H2,(H2,13,14). The highest BCUT2D eigenvalue weighted by Crippen LogP contribution is 2.31. The first-order valence-electron chi connectivity index (χ1n) is 5.63. The third-order valence-corrected chi connectivity index (χ3v) is 3.71. The minimum absolute atomic E-state index is 0.435. The number of nitrogens with two attached hydrogens (primary N) is 1. The van der Waals surface area contributed by atoms with E-state index in [1.807, 2.05) is 10.6 Å². The second kappa shape index (κ2) is 4.27. The molecule has 0 aliphatic carbocycles. The van der Waals surface area contributed by atoms with Gasteiger partial charge in [-0.1, -0.05) is 0 Å². The first-order chi connectivity index (χ1) is 8.27. The average molecular weight is 297 g/mol. The molecule has 0 aromatic carbocycles. The minimum Gasteiger partial charge on any atom is -0.382 e. The van der Waals surface area contributed by atoms with E-state index in [4.69, 9.17) is 10.5 Å². The number of imidazole rings is 1. The maximum absolute atomic E-state index is 5.87. The summed E-state index contributed by atoms with van der Waals surface area (Å²) in [6.07, 6.45) is 5.63. The molecular weight excluding hydrogens is 284 g/mol. The smallest absolute Gasteiger partial charge is 0.150 e. The second-order valence-electron chi connectivity index (χ2n) is 4.18. The molecule has 0 saturated carbocycles. The van der Waals surface area contributed by atoms with E-state index in [1.54, 1.807) is 6.20 Å². The summed E-state index contributed by atoms with van der Waals surface area (Å²) in [4.78, 5) is 8.67. The molecule has 1 saturated heterocycles. The number of ether oxygens (including phenoxy) is 1. The maximum Gasteiger partial charge on any atom is 0.150 e. The summed E-state index contributed by atoms with van der Waals surface area (Å²) in [5.74, 6) is 1.99. The predicted molar refractivity (Wildman–Crippen MR) is 67.9 cm³/mol. The van der Waals surface area contributed by atoms with E-state index in [2.05, 4.69) is 25.9 Å². The van der Waals surface area contributed by atoms with Crippen molar-refractivity contribution in [2.45, 2.75) is 18.8 Å². The second-order valence-corrected chi connectivity index (χ2v) is 4.93. The Labute approximate surface area is 107 Å². The van der Waals surface area contributed by atoms with Crippen LogP contribution in [0.4, 0.5) is 5.82 Å².